The summed E-state index contributed by atoms with van der Waals surface area (Å²) in [4.78, 5) is 23.0. The zero-order valence-electron chi connectivity index (χ0n) is 14.1. The van der Waals surface area contributed by atoms with Crippen LogP contribution in [-0.4, -0.2) is 40.7 Å². The van der Waals surface area contributed by atoms with Crippen molar-refractivity contribution in [2.24, 2.45) is 0 Å². The van der Waals surface area contributed by atoms with Crippen LogP contribution in [0.2, 0.25) is 0 Å². The van der Waals surface area contributed by atoms with E-state index in [9.17, 15) is 4.79 Å². The van der Waals surface area contributed by atoms with E-state index in [4.69, 9.17) is 5.41 Å². The molecule has 0 saturated carbocycles. The molecule has 120 valence electrons. The van der Waals surface area contributed by atoms with E-state index in [1.54, 1.807) is 6.92 Å². The largest absolute Gasteiger partial charge is 0.350 e. The average molecular weight is 303 g/mol. The first-order chi connectivity index (χ1) is 10.2. The van der Waals surface area contributed by atoms with E-state index < -0.39 is 0 Å². The third-order valence-electron chi connectivity index (χ3n) is 3.50. The molecule has 0 bridgehead atoms. The molecule has 1 aromatic heterocycles. The van der Waals surface area contributed by atoms with Crippen molar-refractivity contribution in [2.45, 2.75) is 52.5 Å². The van der Waals surface area contributed by atoms with Crippen LogP contribution in [-0.2, 0) is 17.6 Å². The summed E-state index contributed by atoms with van der Waals surface area (Å²) >= 11 is 0. The lowest BCUT2D eigenvalue weighted by molar-refractivity contribution is -0.121. The van der Waals surface area contributed by atoms with Gasteiger partial charge in [-0.1, -0.05) is 0 Å². The second-order valence-electron chi connectivity index (χ2n) is 6.93. The third-order valence-corrected chi connectivity index (χ3v) is 3.50. The van der Waals surface area contributed by atoms with Crippen molar-refractivity contribution in [3.05, 3.63) is 17.1 Å². The maximum absolute atomic E-state index is 12.1. The second-order valence-corrected chi connectivity index (χ2v) is 6.93. The molecule has 1 heterocycles. The van der Waals surface area contributed by atoms with Gasteiger partial charge in [0.15, 0.2) is 5.82 Å². The fraction of sp³-hybridized carbons (Fsp3) is 0.625. The molecule has 6 nitrogen and oxygen atoms in total. The summed E-state index contributed by atoms with van der Waals surface area (Å²) in [5, 5.41) is 10.7. The molecule has 6 heteroatoms. The number of aryl methyl sites for hydroxylation is 1. The standard InChI is InChI=1S/C16H25N5O/c1-10(17)14-18-12-8-6-7-11(12)15(19-14)21(5)9-13(22)20-16(2,3)4/h17H,6-9H2,1-5H3,(H,20,22). The van der Waals surface area contributed by atoms with Crippen molar-refractivity contribution < 1.29 is 4.79 Å². The van der Waals surface area contributed by atoms with Crippen LogP contribution >= 0.6 is 0 Å². The van der Waals surface area contributed by atoms with Crippen LogP contribution in [0.4, 0.5) is 5.82 Å². The van der Waals surface area contributed by atoms with Crippen LogP contribution < -0.4 is 10.2 Å². The van der Waals surface area contributed by atoms with E-state index in [0.29, 0.717) is 11.5 Å². The Morgan fingerprint density at radius 1 is 1.32 bits per heavy atom. The Labute approximate surface area is 131 Å². The Balaban J connectivity index is 2.24. The molecule has 2 N–H and O–H groups in total. The van der Waals surface area contributed by atoms with Crippen LogP contribution in [0.15, 0.2) is 0 Å². The Morgan fingerprint density at radius 3 is 2.59 bits per heavy atom. The molecule has 1 aliphatic carbocycles. The number of amides is 1. The van der Waals surface area contributed by atoms with Gasteiger partial charge in [0, 0.05) is 23.8 Å². The normalized spacial score (nSPS) is 13.7. The van der Waals surface area contributed by atoms with Gasteiger partial charge in [-0.25, -0.2) is 9.97 Å². The highest BCUT2D eigenvalue weighted by Crippen LogP contribution is 2.28. The summed E-state index contributed by atoms with van der Waals surface area (Å²) in [7, 11) is 1.87. The quantitative estimate of drug-likeness (QED) is 0.830. The summed E-state index contributed by atoms with van der Waals surface area (Å²) in [6.07, 6.45) is 2.92. The SMILES string of the molecule is CC(=N)c1nc2c(c(N(C)CC(=O)NC(C)(C)C)n1)CCC2. The van der Waals surface area contributed by atoms with E-state index >= 15 is 0 Å². The number of likely N-dealkylation sites (N-methyl/N-ethyl adjacent to an activating group) is 1. The number of hydrogen-bond acceptors (Lipinski definition) is 5. The third kappa shape index (κ3) is 3.81. The van der Waals surface area contributed by atoms with Crippen LogP contribution in [0.1, 0.15) is 51.2 Å². The van der Waals surface area contributed by atoms with Crippen molar-refractivity contribution in [3.8, 4) is 0 Å². The van der Waals surface area contributed by atoms with Crippen molar-refractivity contribution in [2.75, 3.05) is 18.5 Å². The number of anilines is 1. The first-order valence-corrected chi connectivity index (χ1v) is 7.65. The molecule has 0 unspecified atom stereocenters. The van der Waals surface area contributed by atoms with E-state index in [1.165, 1.54) is 0 Å². The van der Waals surface area contributed by atoms with Crippen molar-refractivity contribution in [3.63, 3.8) is 0 Å². The number of carbonyl (C=O) groups excluding carboxylic acids is 1. The summed E-state index contributed by atoms with van der Waals surface area (Å²) in [5.41, 5.74) is 2.25. The van der Waals surface area contributed by atoms with Gasteiger partial charge >= 0.3 is 0 Å². The van der Waals surface area contributed by atoms with E-state index in [0.717, 1.165) is 36.3 Å². The van der Waals surface area contributed by atoms with E-state index in [-0.39, 0.29) is 18.0 Å². The molecule has 22 heavy (non-hydrogen) atoms. The first kappa shape index (κ1) is 16.4. The fourth-order valence-electron chi connectivity index (χ4n) is 2.64. The zero-order chi connectivity index (χ0) is 16.5. The highest BCUT2D eigenvalue weighted by Gasteiger charge is 2.23. The number of aromatic nitrogens is 2. The maximum Gasteiger partial charge on any atom is 0.239 e. The predicted octanol–water partition coefficient (Wildman–Crippen LogP) is 1.70. The van der Waals surface area contributed by atoms with Crippen molar-refractivity contribution >= 4 is 17.4 Å². The Bertz CT molecular complexity index is 603. The molecule has 1 aliphatic rings. The molecule has 0 fully saturated rings. The number of rotatable bonds is 4. The van der Waals surface area contributed by atoms with Crippen molar-refractivity contribution in [1.29, 1.82) is 5.41 Å². The predicted molar refractivity (Wildman–Crippen MR) is 87.7 cm³/mol. The Kier molecular flexibility index (Phi) is 4.49. The first-order valence-electron chi connectivity index (χ1n) is 7.65. The average Bonchev–Trinajstić information content (AvgIpc) is 2.82. The number of nitrogens with zero attached hydrogens (tertiary/aromatic N) is 3. The number of nitrogens with one attached hydrogen (secondary N) is 2. The molecule has 0 aromatic carbocycles. The molecule has 0 aliphatic heterocycles. The van der Waals surface area contributed by atoms with Crippen molar-refractivity contribution in [1.82, 2.24) is 15.3 Å². The lowest BCUT2D eigenvalue weighted by atomic mass is 10.1. The van der Waals surface area contributed by atoms with Gasteiger partial charge in [0.25, 0.3) is 0 Å². The minimum Gasteiger partial charge on any atom is -0.350 e. The van der Waals surface area contributed by atoms with Crippen LogP contribution in [0, 0.1) is 5.41 Å². The van der Waals surface area contributed by atoms with Gasteiger partial charge in [-0.15, -0.1) is 0 Å². The second kappa shape index (κ2) is 6.02. The van der Waals surface area contributed by atoms with Crippen LogP contribution in [0.3, 0.4) is 0 Å². The minimum atomic E-state index is -0.248. The van der Waals surface area contributed by atoms with Gasteiger partial charge in [-0.05, 0) is 47.0 Å². The Morgan fingerprint density at radius 2 is 2.00 bits per heavy atom. The molecular formula is C16H25N5O. The smallest absolute Gasteiger partial charge is 0.239 e. The molecule has 1 aromatic rings. The highest BCUT2D eigenvalue weighted by molar-refractivity contribution is 5.93. The van der Waals surface area contributed by atoms with Gasteiger partial charge in [-0.3, -0.25) is 4.79 Å². The fourth-order valence-corrected chi connectivity index (χ4v) is 2.64. The lowest BCUT2D eigenvalue weighted by Gasteiger charge is -2.25. The number of hydrogen-bond donors (Lipinski definition) is 2. The van der Waals surface area contributed by atoms with Gasteiger partial charge in [-0.2, -0.15) is 0 Å². The van der Waals surface area contributed by atoms with Gasteiger partial charge < -0.3 is 15.6 Å². The van der Waals surface area contributed by atoms with Gasteiger partial charge in [0.1, 0.15) is 5.82 Å². The van der Waals surface area contributed by atoms with E-state index in [1.807, 2.05) is 32.7 Å². The molecule has 1 amide bonds. The van der Waals surface area contributed by atoms with Crippen LogP contribution in [0.5, 0.6) is 0 Å². The van der Waals surface area contributed by atoms with E-state index in [2.05, 4.69) is 15.3 Å². The molecule has 0 saturated heterocycles. The molecule has 0 radical (unpaired) electrons. The van der Waals surface area contributed by atoms with Gasteiger partial charge in [0.05, 0.1) is 12.3 Å². The number of carbonyl (C=O) groups is 1. The molecule has 0 spiro atoms. The topological polar surface area (TPSA) is 82.0 Å². The minimum absolute atomic E-state index is 0.0338. The zero-order valence-corrected chi connectivity index (χ0v) is 14.1. The lowest BCUT2D eigenvalue weighted by Crippen LogP contribution is -2.45. The summed E-state index contributed by atoms with van der Waals surface area (Å²) in [6, 6.07) is 0. The molecular weight excluding hydrogens is 278 g/mol. The molecule has 2 rings (SSSR count). The highest BCUT2D eigenvalue weighted by atomic mass is 16.2. The summed E-state index contributed by atoms with van der Waals surface area (Å²) in [6.45, 7) is 7.82. The van der Waals surface area contributed by atoms with Gasteiger partial charge in [0.2, 0.25) is 5.91 Å². The van der Waals surface area contributed by atoms with Crippen LogP contribution in [0.25, 0.3) is 0 Å². The summed E-state index contributed by atoms with van der Waals surface area (Å²) in [5.74, 6) is 1.21. The molecule has 0 atom stereocenters. The number of fused-ring (bicyclic) bond motifs is 1. The maximum atomic E-state index is 12.1. The monoisotopic (exact) mass is 303 g/mol. The summed E-state index contributed by atoms with van der Waals surface area (Å²) < 4.78 is 0. The Hall–Kier alpha value is -1.98.